The van der Waals surface area contributed by atoms with Crippen LogP contribution in [0, 0.1) is 5.92 Å². The van der Waals surface area contributed by atoms with Crippen molar-refractivity contribution in [1.82, 2.24) is 10.2 Å². The Kier molecular flexibility index (Phi) is 9.98. The van der Waals surface area contributed by atoms with Gasteiger partial charge in [-0.3, -0.25) is 9.20 Å². The summed E-state index contributed by atoms with van der Waals surface area (Å²) < 4.78 is 12.4. The van der Waals surface area contributed by atoms with Crippen LogP contribution in [0.4, 0.5) is 0 Å². The highest BCUT2D eigenvalue weighted by molar-refractivity contribution is 14.0. The Balaban J connectivity index is 0.00000280. The Morgan fingerprint density at radius 1 is 1.14 bits per heavy atom. The maximum Gasteiger partial charge on any atom is 0.193 e. The zero-order valence-electron chi connectivity index (χ0n) is 16.4. The number of hydrogen-bond donors (Lipinski definition) is 1. The van der Waals surface area contributed by atoms with Crippen molar-refractivity contribution in [1.29, 1.82) is 0 Å². The van der Waals surface area contributed by atoms with Crippen molar-refractivity contribution < 1.29 is 4.21 Å². The Bertz CT molecular complexity index is 755. The largest absolute Gasteiger partial charge is 0.357 e. The minimum atomic E-state index is -0.992. The highest BCUT2D eigenvalue weighted by Gasteiger charge is 2.24. The Hall–Kier alpha value is -1.41. The molecule has 2 aromatic carbocycles. The van der Waals surface area contributed by atoms with E-state index >= 15 is 0 Å². The van der Waals surface area contributed by atoms with Crippen LogP contribution >= 0.6 is 24.0 Å². The van der Waals surface area contributed by atoms with Crippen molar-refractivity contribution in [2.24, 2.45) is 10.9 Å². The van der Waals surface area contributed by atoms with Crippen LogP contribution in [-0.4, -0.2) is 47.0 Å². The molecule has 1 aliphatic rings. The van der Waals surface area contributed by atoms with E-state index in [1.807, 2.05) is 30.3 Å². The van der Waals surface area contributed by atoms with Crippen molar-refractivity contribution in [2.75, 3.05) is 31.9 Å². The summed E-state index contributed by atoms with van der Waals surface area (Å²) >= 11 is 0. The van der Waals surface area contributed by atoms with Crippen LogP contribution < -0.4 is 5.32 Å². The van der Waals surface area contributed by atoms with E-state index in [0.717, 1.165) is 36.9 Å². The number of aliphatic imine (C=N–C) groups is 1. The number of likely N-dealkylation sites (tertiary alicyclic amines) is 1. The first-order valence-electron chi connectivity index (χ1n) is 9.77. The summed E-state index contributed by atoms with van der Waals surface area (Å²) in [4.78, 5) is 7.97. The van der Waals surface area contributed by atoms with E-state index in [4.69, 9.17) is 4.99 Å². The van der Waals surface area contributed by atoms with E-state index in [1.165, 1.54) is 12.0 Å². The quantitative estimate of drug-likeness (QED) is 0.348. The first-order valence-corrected chi connectivity index (χ1v) is 11.1. The number of nitrogens with one attached hydrogen (secondary N) is 1. The van der Waals surface area contributed by atoms with Gasteiger partial charge in [-0.15, -0.1) is 24.0 Å². The maximum atomic E-state index is 12.4. The number of nitrogens with zero attached hydrogens (tertiary/aromatic N) is 2. The molecule has 0 aromatic heterocycles. The fraction of sp³-hybridized carbons (Fsp3) is 0.409. The summed E-state index contributed by atoms with van der Waals surface area (Å²) in [7, 11) is -0.992. The molecule has 0 amide bonds. The highest BCUT2D eigenvalue weighted by atomic mass is 127. The van der Waals surface area contributed by atoms with Gasteiger partial charge in [0.15, 0.2) is 5.96 Å². The molecule has 1 aliphatic heterocycles. The molecule has 2 unspecified atom stereocenters. The van der Waals surface area contributed by atoms with Crippen molar-refractivity contribution >= 4 is 40.7 Å². The maximum absolute atomic E-state index is 12.4. The van der Waals surface area contributed by atoms with E-state index in [1.54, 1.807) is 0 Å². The molecule has 2 aromatic rings. The molecule has 1 saturated heterocycles. The van der Waals surface area contributed by atoms with Gasteiger partial charge in [0.2, 0.25) is 0 Å². The normalized spacial score (nSPS) is 17.8. The molecule has 152 valence electrons. The first-order chi connectivity index (χ1) is 13.3. The SMILES string of the molecule is CCNC(=NCCS(=O)c1ccccc1)N1CCC(Cc2ccccc2)C1.I. The summed E-state index contributed by atoms with van der Waals surface area (Å²) in [6.07, 6.45) is 2.31. The third-order valence-electron chi connectivity index (χ3n) is 4.83. The van der Waals surface area contributed by atoms with E-state index in [0.29, 0.717) is 18.2 Å². The number of guanidine groups is 1. The smallest absolute Gasteiger partial charge is 0.193 e. The van der Waals surface area contributed by atoms with Gasteiger partial charge in [0.25, 0.3) is 0 Å². The zero-order valence-corrected chi connectivity index (χ0v) is 19.6. The van der Waals surface area contributed by atoms with Crippen LogP contribution in [0.15, 0.2) is 70.6 Å². The van der Waals surface area contributed by atoms with Crippen LogP contribution in [0.3, 0.4) is 0 Å². The summed E-state index contributed by atoms with van der Waals surface area (Å²) in [5.74, 6) is 2.17. The third-order valence-corrected chi connectivity index (χ3v) is 6.18. The van der Waals surface area contributed by atoms with Gasteiger partial charge in [0, 0.05) is 30.3 Å². The zero-order chi connectivity index (χ0) is 18.9. The molecule has 0 radical (unpaired) electrons. The first kappa shape index (κ1) is 22.9. The van der Waals surface area contributed by atoms with Crippen molar-refractivity contribution in [3.05, 3.63) is 66.2 Å². The van der Waals surface area contributed by atoms with E-state index in [2.05, 4.69) is 47.5 Å². The fourth-order valence-electron chi connectivity index (χ4n) is 3.49. The monoisotopic (exact) mass is 511 g/mol. The van der Waals surface area contributed by atoms with Crippen LogP contribution in [-0.2, 0) is 17.2 Å². The molecule has 0 aliphatic carbocycles. The summed E-state index contributed by atoms with van der Waals surface area (Å²) in [5, 5.41) is 3.40. The summed E-state index contributed by atoms with van der Waals surface area (Å²) in [6.45, 7) is 5.58. The van der Waals surface area contributed by atoms with Crippen LogP contribution in [0.5, 0.6) is 0 Å². The van der Waals surface area contributed by atoms with E-state index in [9.17, 15) is 4.21 Å². The molecule has 28 heavy (non-hydrogen) atoms. The Morgan fingerprint density at radius 2 is 1.82 bits per heavy atom. The van der Waals surface area contributed by atoms with Gasteiger partial charge in [-0.1, -0.05) is 48.5 Å². The standard InChI is InChI=1S/C22H29N3OS.HI/c1-2-23-22(24-14-16-27(26)21-11-7-4-8-12-21)25-15-13-20(18-25)17-19-9-5-3-6-10-19;/h3-12,20H,2,13-18H2,1H3,(H,23,24);1H. The van der Waals surface area contributed by atoms with E-state index in [-0.39, 0.29) is 24.0 Å². The summed E-state index contributed by atoms with van der Waals surface area (Å²) in [5.41, 5.74) is 1.41. The second-order valence-corrected chi connectivity index (χ2v) is 8.46. The minimum Gasteiger partial charge on any atom is -0.357 e. The molecule has 2 atom stereocenters. The molecule has 0 bridgehead atoms. The lowest BCUT2D eigenvalue weighted by Crippen LogP contribution is -2.40. The molecule has 3 rings (SSSR count). The lowest BCUT2D eigenvalue weighted by molar-refractivity contribution is 0.460. The van der Waals surface area contributed by atoms with Crippen LogP contribution in [0.25, 0.3) is 0 Å². The van der Waals surface area contributed by atoms with Gasteiger partial charge in [-0.25, -0.2) is 0 Å². The van der Waals surface area contributed by atoms with Gasteiger partial charge in [-0.2, -0.15) is 0 Å². The molecule has 1 heterocycles. The van der Waals surface area contributed by atoms with Gasteiger partial charge in [-0.05, 0) is 43.4 Å². The third kappa shape index (κ3) is 6.88. The molecular weight excluding hydrogens is 481 g/mol. The molecular formula is C22H30IN3OS. The minimum absolute atomic E-state index is 0. The second-order valence-electron chi connectivity index (χ2n) is 6.89. The van der Waals surface area contributed by atoms with E-state index < -0.39 is 10.8 Å². The van der Waals surface area contributed by atoms with Crippen molar-refractivity contribution in [3.63, 3.8) is 0 Å². The molecule has 0 saturated carbocycles. The van der Waals surface area contributed by atoms with Crippen molar-refractivity contribution in [3.8, 4) is 0 Å². The van der Waals surface area contributed by atoms with Gasteiger partial charge >= 0.3 is 0 Å². The number of benzene rings is 2. The average Bonchev–Trinajstić information content (AvgIpc) is 3.17. The Labute approximate surface area is 188 Å². The lowest BCUT2D eigenvalue weighted by Gasteiger charge is -2.21. The van der Waals surface area contributed by atoms with Gasteiger partial charge in [0.1, 0.15) is 0 Å². The number of hydrogen-bond acceptors (Lipinski definition) is 2. The fourth-order valence-corrected chi connectivity index (χ4v) is 4.44. The molecule has 4 nitrogen and oxygen atoms in total. The summed E-state index contributed by atoms with van der Waals surface area (Å²) in [6, 6.07) is 20.3. The molecule has 1 fully saturated rings. The van der Waals surface area contributed by atoms with Gasteiger partial charge in [0.05, 0.1) is 17.3 Å². The van der Waals surface area contributed by atoms with Crippen LogP contribution in [0.1, 0.15) is 18.9 Å². The molecule has 1 N–H and O–H groups in total. The predicted molar refractivity (Wildman–Crippen MR) is 129 cm³/mol. The number of halogens is 1. The molecule has 6 heteroatoms. The second kappa shape index (κ2) is 12.2. The average molecular weight is 511 g/mol. The topological polar surface area (TPSA) is 44.7 Å². The predicted octanol–water partition coefficient (Wildman–Crippen LogP) is 3.94. The van der Waals surface area contributed by atoms with Gasteiger partial charge < -0.3 is 10.2 Å². The number of rotatable bonds is 7. The lowest BCUT2D eigenvalue weighted by atomic mass is 9.99. The Morgan fingerprint density at radius 3 is 2.50 bits per heavy atom. The highest BCUT2D eigenvalue weighted by Crippen LogP contribution is 2.21. The van der Waals surface area contributed by atoms with Crippen molar-refractivity contribution in [2.45, 2.75) is 24.7 Å². The van der Waals surface area contributed by atoms with Crippen LogP contribution in [0.2, 0.25) is 0 Å². The molecule has 0 spiro atoms.